The first-order valence-electron chi connectivity index (χ1n) is 7.50. The number of Topliss-reactive ketones (excluding diaryl/α,β-unsaturated/α-hetero) is 1. The summed E-state index contributed by atoms with van der Waals surface area (Å²) in [4.78, 5) is 14.4. The first-order valence-corrected chi connectivity index (χ1v) is 7.50. The molecule has 2 nitrogen and oxygen atoms in total. The van der Waals surface area contributed by atoms with Gasteiger partial charge in [0.2, 0.25) is 0 Å². The number of carbonyl (C=O) groups is 1. The molecule has 1 aliphatic heterocycles. The van der Waals surface area contributed by atoms with Gasteiger partial charge in [-0.3, -0.25) is 9.69 Å². The van der Waals surface area contributed by atoms with Crippen molar-refractivity contribution >= 4 is 5.78 Å². The molecule has 0 amide bonds. The number of hydrogen-bond donors (Lipinski definition) is 0. The third-order valence-electron chi connectivity index (χ3n) is 4.83. The summed E-state index contributed by atoms with van der Waals surface area (Å²) < 4.78 is 0. The molecule has 98 valence electrons. The normalized spacial score (nSPS) is 35.8. The van der Waals surface area contributed by atoms with Crippen LogP contribution in [0.2, 0.25) is 0 Å². The molecule has 1 saturated carbocycles. The Morgan fingerprint density at radius 3 is 2.53 bits per heavy atom. The van der Waals surface area contributed by atoms with E-state index in [4.69, 9.17) is 0 Å². The molecule has 2 fully saturated rings. The summed E-state index contributed by atoms with van der Waals surface area (Å²) in [6, 6.07) is 0.934. The average molecular weight is 237 g/mol. The minimum Gasteiger partial charge on any atom is -0.298 e. The fourth-order valence-electron chi connectivity index (χ4n) is 3.89. The quantitative estimate of drug-likeness (QED) is 0.750. The molecular formula is C15H27NO. The van der Waals surface area contributed by atoms with Crippen molar-refractivity contribution in [2.75, 3.05) is 6.54 Å². The van der Waals surface area contributed by atoms with Crippen LogP contribution >= 0.6 is 0 Å². The standard InChI is InChI=1S/C15H27NO/c1-3-13-8-4-5-10-15(13)16-11-7-6-9-14(16)12(2)17/h13-15H,3-11H2,1-2H3. The zero-order valence-corrected chi connectivity index (χ0v) is 11.5. The molecule has 0 radical (unpaired) electrons. The van der Waals surface area contributed by atoms with Crippen molar-refractivity contribution in [1.82, 2.24) is 4.90 Å². The van der Waals surface area contributed by atoms with E-state index >= 15 is 0 Å². The smallest absolute Gasteiger partial charge is 0.146 e. The van der Waals surface area contributed by atoms with E-state index in [2.05, 4.69) is 11.8 Å². The van der Waals surface area contributed by atoms with Crippen LogP contribution in [-0.4, -0.2) is 29.3 Å². The van der Waals surface area contributed by atoms with Gasteiger partial charge in [0.25, 0.3) is 0 Å². The first-order chi connectivity index (χ1) is 8.24. The van der Waals surface area contributed by atoms with Crippen molar-refractivity contribution in [2.24, 2.45) is 5.92 Å². The highest BCUT2D eigenvalue weighted by Gasteiger charge is 2.35. The highest BCUT2D eigenvalue weighted by Crippen LogP contribution is 2.34. The molecule has 0 spiro atoms. The molecule has 17 heavy (non-hydrogen) atoms. The van der Waals surface area contributed by atoms with Gasteiger partial charge in [0, 0.05) is 6.04 Å². The van der Waals surface area contributed by atoms with Gasteiger partial charge in [-0.1, -0.05) is 32.6 Å². The fraction of sp³-hybridized carbons (Fsp3) is 0.933. The zero-order chi connectivity index (χ0) is 12.3. The van der Waals surface area contributed by atoms with E-state index in [1.165, 1.54) is 44.9 Å². The lowest BCUT2D eigenvalue weighted by atomic mass is 9.80. The third kappa shape index (κ3) is 2.90. The maximum Gasteiger partial charge on any atom is 0.146 e. The van der Waals surface area contributed by atoms with E-state index in [9.17, 15) is 4.79 Å². The van der Waals surface area contributed by atoms with Crippen molar-refractivity contribution in [1.29, 1.82) is 0 Å². The van der Waals surface area contributed by atoms with Crippen LogP contribution in [0.15, 0.2) is 0 Å². The minimum atomic E-state index is 0.237. The maximum atomic E-state index is 11.8. The Kier molecular flexibility index (Phi) is 4.61. The van der Waals surface area contributed by atoms with E-state index in [0.717, 1.165) is 18.9 Å². The number of nitrogens with zero attached hydrogens (tertiary/aromatic N) is 1. The van der Waals surface area contributed by atoms with Gasteiger partial charge in [-0.2, -0.15) is 0 Å². The number of hydrogen-bond acceptors (Lipinski definition) is 2. The van der Waals surface area contributed by atoms with Crippen LogP contribution < -0.4 is 0 Å². The third-order valence-corrected chi connectivity index (χ3v) is 4.83. The van der Waals surface area contributed by atoms with Crippen LogP contribution in [-0.2, 0) is 4.79 Å². The number of likely N-dealkylation sites (tertiary alicyclic amines) is 1. The van der Waals surface area contributed by atoms with E-state index in [-0.39, 0.29) is 6.04 Å². The van der Waals surface area contributed by atoms with Crippen LogP contribution in [0.3, 0.4) is 0 Å². The van der Waals surface area contributed by atoms with Crippen LogP contribution in [0, 0.1) is 5.92 Å². The Balaban J connectivity index is 2.08. The predicted octanol–water partition coefficient (Wildman–Crippen LogP) is 3.40. The Bertz CT molecular complexity index is 264. The molecule has 3 unspecified atom stereocenters. The number of rotatable bonds is 3. The average Bonchev–Trinajstić information content (AvgIpc) is 2.38. The van der Waals surface area contributed by atoms with Gasteiger partial charge in [-0.15, -0.1) is 0 Å². The highest BCUT2D eigenvalue weighted by molar-refractivity contribution is 5.81. The number of ketones is 1. The summed E-state index contributed by atoms with van der Waals surface area (Å²) in [7, 11) is 0. The molecule has 0 aromatic carbocycles. The Morgan fingerprint density at radius 2 is 1.82 bits per heavy atom. The molecule has 1 saturated heterocycles. The summed E-state index contributed by atoms with van der Waals surface area (Å²) >= 11 is 0. The Hall–Kier alpha value is -0.370. The SMILES string of the molecule is CCC1CCCCC1N1CCCCC1C(C)=O. The van der Waals surface area contributed by atoms with Gasteiger partial charge in [0.15, 0.2) is 0 Å². The summed E-state index contributed by atoms with van der Waals surface area (Å²) in [6.45, 7) is 5.26. The van der Waals surface area contributed by atoms with Crippen molar-refractivity contribution in [2.45, 2.75) is 77.3 Å². The lowest BCUT2D eigenvalue weighted by molar-refractivity contribution is -0.125. The first kappa shape index (κ1) is 13.1. The minimum absolute atomic E-state index is 0.237. The monoisotopic (exact) mass is 237 g/mol. The molecule has 3 atom stereocenters. The van der Waals surface area contributed by atoms with Crippen molar-refractivity contribution in [3.63, 3.8) is 0 Å². The summed E-state index contributed by atoms with van der Waals surface area (Å²) in [5, 5.41) is 0. The highest BCUT2D eigenvalue weighted by atomic mass is 16.1. The number of piperidine rings is 1. The topological polar surface area (TPSA) is 20.3 Å². The fourth-order valence-corrected chi connectivity index (χ4v) is 3.89. The van der Waals surface area contributed by atoms with Crippen LogP contribution in [0.1, 0.15) is 65.2 Å². The molecule has 0 aromatic heterocycles. The zero-order valence-electron chi connectivity index (χ0n) is 11.5. The molecule has 0 N–H and O–H groups in total. The second-order valence-electron chi connectivity index (χ2n) is 5.88. The van der Waals surface area contributed by atoms with Gasteiger partial charge in [0.05, 0.1) is 6.04 Å². The largest absolute Gasteiger partial charge is 0.298 e. The Morgan fingerprint density at radius 1 is 1.12 bits per heavy atom. The van der Waals surface area contributed by atoms with E-state index in [0.29, 0.717) is 11.8 Å². The molecule has 0 bridgehead atoms. The second kappa shape index (κ2) is 5.99. The predicted molar refractivity (Wildman–Crippen MR) is 71.1 cm³/mol. The van der Waals surface area contributed by atoms with Crippen LogP contribution in [0.5, 0.6) is 0 Å². The molecule has 1 aliphatic carbocycles. The molecule has 2 aliphatic rings. The van der Waals surface area contributed by atoms with E-state index < -0.39 is 0 Å². The second-order valence-corrected chi connectivity index (χ2v) is 5.88. The van der Waals surface area contributed by atoms with Crippen LogP contribution in [0.4, 0.5) is 0 Å². The van der Waals surface area contributed by atoms with Gasteiger partial charge in [-0.25, -0.2) is 0 Å². The molecule has 2 rings (SSSR count). The van der Waals surface area contributed by atoms with E-state index in [1.54, 1.807) is 6.92 Å². The number of carbonyl (C=O) groups excluding carboxylic acids is 1. The van der Waals surface area contributed by atoms with Crippen LogP contribution in [0.25, 0.3) is 0 Å². The summed E-state index contributed by atoms with van der Waals surface area (Å²) in [5.74, 6) is 1.23. The van der Waals surface area contributed by atoms with Crippen molar-refractivity contribution in [3.05, 3.63) is 0 Å². The molecule has 2 heteroatoms. The summed E-state index contributed by atoms with van der Waals surface area (Å²) in [6.07, 6.45) is 10.4. The van der Waals surface area contributed by atoms with Gasteiger partial charge >= 0.3 is 0 Å². The Labute approximate surface area is 106 Å². The molecule has 1 heterocycles. The lowest BCUT2D eigenvalue weighted by Crippen LogP contribution is -2.52. The van der Waals surface area contributed by atoms with Gasteiger partial charge < -0.3 is 0 Å². The van der Waals surface area contributed by atoms with Gasteiger partial charge in [0.1, 0.15) is 5.78 Å². The molecule has 0 aromatic rings. The lowest BCUT2D eigenvalue weighted by Gasteiger charge is -2.45. The maximum absolute atomic E-state index is 11.8. The van der Waals surface area contributed by atoms with Gasteiger partial charge in [-0.05, 0) is 45.1 Å². The van der Waals surface area contributed by atoms with Crippen molar-refractivity contribution in [3.8, 4) is 0 Å². The summed E-state index contributed by atoms with van der Waals surface area (Å²) in [5.41, 5.74) is 0. The van der Waals surface area contributed by atoms with E-state index in [1.807, 2.05) is 0 Å². The molecular weight excluding hydrogens is 210 g/mol. The van der Waals surface area contributed by atoms with Crippen molar-refractivity contribution < 1.29 is 4.79 Å².